The Labute approximate surface area is 112 Å². The fraction of sp³-hybridized carbons (Fsp3) is 0.286. The lowest BCUT2D eigenvalue weighted by molar-refractivity contribution is -0.126. The Hall–Kier alpha value is -2.16. The minimum Gasteiger partial charge on any atom is -0.395 e. The molecule has 1 aromatic carbocycles. The van der Waals surface area contributed by atoms with Crippen molar-refractivity contribution in [3.8, 4) is 6.07 Å². The highest BCUT2D eigenvalue weighted by molar-refractivity contribution is 5.91. The van der Waals surface area contributed by atoms with E-state index < -0.39 is 0 Å². The van der Waals surface area contributed by atoms with E-state index in [0.717, 1.165) is 5.56 Å². The molecule has 5 nitrogen and oxygen atoms in total. The molecule has 0 radical (unpaired) electrons. The zero-order valence-corrected chi connectivity index (χ0v) is 10.5. The summed E-state index contributed by atoms with van der Waals surface area (Å²) >= 11 is 0. The summed E-state index contributed by atoms with van der Waals surface area (Å²) in [5.74, 6) is -0.271. The SMILES string of the molecule is N#Cc1ccc(C=CC(=O)N(CCO)CCO)cc1. The van der Waals surface area contributed by atoms with E-state index in [9.17, 15) is 4.79 Å². The van der Waals surface area contributed by atoms with Crippen LogP contribution in [0.3, 0.4) is 0 Å². The van der Waals surface area contributed by atoms with Crippen LogP contribution in [-0.4, -0.2) is 47.3 Å². The van der Waals surface area contributed by atoms with Crippen molar-refractivity contribution in [3.05, 3.63) is 41.5 Å². The number of benzene rings is 1. The molecule has 100 valence electrons. The van der Waals surface area contributed by atoms with Crippen molar-refractivity contribution < 1.29 is 15.0 Å². The molecule has 0 aliphatic rings. The average molecular weight is 260 g/mol. The average Bonchev–Trinajstić information content (AvgIpc) is 2.45. The van der Waals surface area contributed by atoms with E-state index in [2.05, 4.69) is 0 Å². The van der Waals surface area contributed by atoms with Crippen LogP contribution in [0.4, 0.5) is 0 Å². The van der Waals surface area contributed by atoms with Crippen molar-refractivity contribution in [3.63, 3.8) is 0 Å². The Morgan fingerprint density at radius 1 is 1.21 bits per heavy atom. The van der Waals surface area contributed by atoms with Gasteiger partial charge in [0.2, 0.25) is 5.91 Å². The number of nitrogens with zero attached hydrogens (tertiary/aromatic N) is 2. The fourth-order valence-electron chi connectivity index (χ4n) is 1.52. The molecular weight excluding hydrogens is 244 g/mol. The Morgan fingerprint density at radius 2 is 1.79 bits per heavy atom. The third-order valence-electron chi connectivity index (χ3n) is 2.51. The van der Waals surface area contributed by atoms with Gasteiger partial charge in [0, 0.05) is 19.2 Å². The van der Waals surface area contributed by atoms with Crippen molar-refractivity contribution in [2.24, 2.45) is 0 Å². The van der Waals surface area contributed by atoms with Gasteiger partial charge in [-0.1, -0.05) is 12.1 Å². The van der Waals surface area contributed by atoms with Crippen molar-refractivity contribution in [1.82, 2.24) is 4.90 Å². The summed E-state index contributed by atoms with van der Waals surface area (Å²) in [6, 6.07) is 8.84. The summed E-state index contributed by atoms with van der Waals surface area (Å²) in [7, 11) is 0. The van der Waals surface area contributed by atoms with Crippen LogP contribution >= 0.6 is 0 Å². The van der Waals surface area contributed by atoms with E-state index in [-0.39, 0.29) is 32.2 Å². The summed E-state index contributed by atoms with van der Waals surface area (Å²) in [6.45, 7) is 0.0983. The van der Waals surface area contributed by atoms with Crippen LogP contribution in [0.2, 0.25) is 0 Å². The minimum absolute atomic E-state index is 0.142. The summed E-state index contributed by atoms with van der Waals surface area (Å²) in [4.78, 5) is 13.1. The minimum atomic E-state index is -0.271. The Kier molecular flexibility index (Phi) is 6.30. The molecule has 0 unspecified atom stereocenters. The second-order valence-corrected chi connectivity index (χ2v) is 3.84. The molecule has 1 aromatic rings. The second-order valence-electron chi connectivity index (χ2n) is 3.84. The molecule has 0 spiro atoms. The lowest BCUT2D eigenvalue weighted by Crippen LogP contribution is -2.34. The number of aliphatic hydroxyl groups excluding tert-OH is 2. The van der Waals surface area contributed by atoms with Crippen molar-refractivity contribution in [2.45, 2.75) is 0 Å². The van der Waals surface area contributed by atoms with E-state index in [0.29, 0.717) is 5.56 Å². The fourth-order valence-corrected chi connectivity index (χ4v) is 1.52. The molecule has 0 aliphatic carbocycles. The Morgan fingerprint density at radius 3 is 2.26 bits per heavy atom. The molecule has 0 aromatic heterocycles. The molecule has 0 saturated heterocycles. The van der Waals surface area contributed by atoms with Crippen molar-refractivity contribution >= 4 is 12.0 Å². The van der Waals surface area contributed by atoms with Crippen LogP contribution in [0, 0.1) is 11.3 Å². The maximum absolute atomic E-state index is 11.8. The van der Waals surface area contributed by atoms with Gasteiger partial charge in [-0.2, -0.15) is 5.26 Å². The topological polar surface area (TPSA) is 84.6 Å². The second kappa shape index (κ2) is 8.03. The zero-order chi connectivity index (χ0) is 14.1. The molecule has 1 rings (SSSR count). The first-order chi connectivity index (χ1) is 9.21. The summed E-state index contributed by atoms with van der Waals surface area (Å²) in [5.41, 5.74) is 1.37. The number of rotatable bonds is 6. The number of hydrogen-bond acceptors (Lipinski definition) is 4. The number of carbonyl (C=O) groups excluding carboxylic acids is 1. The smallest absolute Gasteiger partial charge is 0.246 e. The van der Waals surface area contributed by atoms with Crippen LogP contribution in [0.15, 0.2) is 30.3 Å². The van der Waals surface area contributed by atoms with Crippen LogP contribution < -0.4 is 0 Å². The van der Waals surface area contributed by atoms with Crippen LogP contribution in [0.1, 0.15) is 11.1 Å². The van der Waals surface area contributed by atoms with Gasteiger partial charge in [0.05, 0.1) is 24.8 Å². The zero-order valence-electron chi connectivity index (χ0n) is 10.5. The third-order valence-corrected chi connectivity index (χ3v) is 2.51. The van der Waals surface area contributed by atoms with Gasteiger partial charge in [-0.3, -0.25) is 4.79 Å². The quantitative estimate of drug-likeness (QED) is 0.724. The van der Waals surface area contributed by atoms with E-state index in [1.807, 2.05) is 6.07 Å². The Balaban J connectivity index is 2.67. The lowest BCUT2D eigenvalue weighted by Gasteiger charge is -2.18. The molecule has 1 amide bonds. The largest absolute Gasteiger partial charge is 0.395 e. The predicted octanol–water partition coefficient (Wildman–Crippen LogP) is 0.385. The molecule has 0 atom stereocenters. The molecule has 5 heteroatoms. The highest BCUT2D eigenvalue weighted by Crippen LogP contribution is 2.05. The highest BCUT2D eigenvalue weighted by atomic mass is 16.3. The number of hydrogen-bond donors (Lipinski definition) is 2. The molecule has 19 heavy (non-hydrogen) atoms. The van der Waals surface area contributed by atoms with E-state index in [1.54, 1.807) is 30.3 Å². The van der Waals surface area contributed by atoms with Gasteiger partial charge in [0.25, 0.3) is 0 Å². The van der Waals surface area contributed by atoms with Gasteiger partial charge in [0.15, 0.2) is 0 Å². The molecule has 0 saturated carbocycles. The lowest BCUT2D eigenvalue weighted by atomic mass is 10.1. The molecule has 0 heterocycles. The molecule has 2 N–H and O–H groups in total. The monoisotopic (exact) mass is 260 g/mol. The van der Waals surface area contributed by atoms with Crippen molar-refractivity contribution in [2.75, 3.05) is 26.3 Å². The van der Waals surface area contributed by atoms with E-state index >= 15 is 0 Å². The van der Waals surface area contributed by atoms with E-state index in [1.165, 1.54) is 11.0 Å². The molecular formula is C14H16N2O3. The Bertz CT molecular complexity index is 468. The predicted molar refractivity (Wildman–Crippen MR) is 70.9 cm³/mol. The standard InChI is InChI=1S/C14H16N2O3/c15-11-13-3-1-12(2-4-13)5-6-14(19)16(7-9-17)8-10-18/h1-6,17-18H,7-10H2. The first-order valence-electron chi connectivity index (χ1n) is 5.90. The highest BCUT2D eigenvalue weighted by Gasteiger charge is 2.08. The number of carbonyl (C=O) groups is 1. The molecule has 0 aliphatic heterocycles. The summed E-state index contributed by atoms with van der Waals surface area (Å²) in [5, 5.41) is 26.3. The maximum Gasteiger partial charge on any atom is 0.246 e. The normalized spacial score (nSPS) is 10.4. The van der Waals surface area contributed by atoms with E-state index in [4.69, 9.17) is 15.5 Å². The van der Waals surface area contributed by atoms with Gasteiger partial charge < -0.3 is 15.1 Å². The van der Waals surface area contributed by atoms with Crippen molar-refractivity contribution in [1.29, 1.82) is 5.26 Å². The third kappa shape index (κ3) is 4.92. The van der Waals surface area contributed by atoms with Gasteiger partial charge in [-0.15, -0.1) is 0 Å². The van der Waals surface area contributed by atoms with Crippen LogP contribution in [-0.2, 0) is 4.79 Å². The number of amides is 1. The van der Waals surface area contributed by atoms with Crippen LogP contribution in [0.25, 0.3) is 6.08 Å². The first-order valence-corrected chi connectivity index (χ1v) is 5.90. The van der Waals surface area contributed by atoms with Gasteiger partial charge >= 0.3 is 0 Å². The molecule has 0 fully saturated rings. The van der Waals surface area contributed by atoms with Gasteiger partial charge in [-0.05, 0) is 23.8 Å². The maximum atomic E-state index is 11.8. The summed E-state index contributed by atoms with van der Waals surface area (Å²) < 4.78 is 0. The van der Waals surface area contributed by atoms with Gasteiger partial charge in [-0.25, -0.2) is 0 Å². The summed E-state index contributed by atoms with van der Waals surface area (Å²) in [6.07, 6.45) is 3.01. The number of aliphatic hydroxyl groups is 2. The number of nitriles is 1. The van der Waals surface area contributed by atoms with Crippen LogP contribution in [0.5, 0.6) is 0 Å². The molecule has 0 bridgehead atoms. The first kappa shape index (κ1) is 14.9. The van der Waals surface area contributed by atoms with Gasteiger partial charge in [0.1, 0.15) is 0 Å².